The van der Waals surface area contributed by atoms with Gasteiger partial charge >= 0.3 is 6.03 Å². The lowest BCUT2D eigenvalue weighted by atomic mass is 10.1. The summed E-state index contributed by atoms with van der Waals surface area (Å²) >= 11 is 0. The summed E-state index contributed by atoms with van der Waals surface area (Å²) in [4.78, 5) is 12.1. The second kappa shape index (κ2) is 7.72. The van der Waals surface area contributed by atoms with Crippen molar-refractivity contribution in [1.82, 2.24) is 10.6 Å². The number of hydrogen-bond donors (Lipinski definition) is 2. The van der Waals surface area contributed by atoms with Gasteiger partial charge in [-0.1, -0.05) is 0 Å². The molecule has 0 saturated carbocycles. The topological polar surface area (TPSA) is 72.7 Å². The summed E-state index contributed by atoms with van der Waals surface area (Å²) in [5.74, 6) is 3.34. The number of furan rings is 1. The van der Waals surface area contributed by atoms with Crippen molar-refractivity contribution in [2.45, 2.75) is 53.3 Å². The van der Waals surface area contributed by atoms with Crippen LogP contribution in [0.15, 0.2) is 22.6 Å². The molecule has 0 bridgehead atoms. The molecule has 0 aliphatic carbocycles. The van der Waals surface area contributed by atoms with Crippen molar-refractivity contribution in [2.24, 2.45) is 0 Å². The maximum Gasteiger partial charge on any atom is 0.315 e. The first-order valence-corrected chi connectivity index (χ1v) is 8.99. The largest absolute Gasteiger partial charge is 0.494 e. The molecule has 6 heteroatoms. The minimum Gasteiger partial charge on any atom is -0.494 e. The normalized spacial score (nSPS) is 15.3. The van der Waals surface area contributed by atoms with E-state index >= 15 is 0 Å². The summed E-state index contributed by atoms with van der Waals surface area (Å²) in [6.45, 7) is 9.16. The van der Waals surface area contributed by atoms with Crippen LogP contribution in [0, 0.1) is 13.8 Å². The molecular formula is C20H26N2O4. The van der Waals surface area contributed by atoms with Crippen LogP contribution in [0.2, 0.25) is 0 Å². The molecule has 0 spiro atoms. The van der Waals surface area contributed by atoms with Crippen LogP contribution in [-0.4, -0.2) is 18.7 Å². The molecule has 0 saturated heterocycles. The van der Waals surface area contributed by atoms with Gasteiger partial charge in [-0.2, -0.15) is 0 Å². The monoisotopic (exact) mass is 358 g/mol. The second-order valence-corrected chi connectivity index (χ2v) is 6.61. The molecule has 1 aliphatic heterocycles. The van der Waals surface area contributed by atoms with Gasteiger partial charge in [0.05, 0.1) is 6.61 Å². The van der Waals surface area contributed by atoms with Gasteiger partial charge in [0.15, 0.2) is 0 Å². The van der Waals surface area contributed by atoms with Gasteiger partial charge in [-0.25, -0.2) is 4.79 Å². The number of rotatable bonds is 6. The number of carbonyl (C=O) groups excluding carboxylic acids is 1. The molecular weight excluding hydrogens is 332 g/mol. The molecule has 0 radical (unpaired) electrons. The van der Waals surface area contributed by atoms with Crippen LogP contribution >= 0.6 is 0 Å². The van der Waals surface area contributed by atoms with E-state index < -0.39 is 0 Å². The summed E-state index contributed by atoms with van der Waals surface area (Å²) in [7, 11) is 0. The fraction of sp³-hybridized carbons (Fsp3) is 0.450. The van der Waals surface area contributed by atoms with Crippen LogP contribution in [0.4, 0.5) is 4.79 Å². The molecule has 140 valence electrons. The summed E-state index contributed by atoms with van der Waals surface area (Å²) in [6, 6.07) is 5.69. The molecule has 1 aromatic heterocycles. The lowest BCUT2D eigenvalue weighted by molar-refractivity contribution is 0.239. The number of ether oxygens (including phenoxy) is 2. The lowest BCUT2D eigenvalue weighted by Crippen LogP contribution is -2.34. The molecule has 0 fully saturated rings. The fourth-order valence-corrected chi connectivity index (χ4v) is 3.18. The van der Waals surface area contributed by atoms with Gasteiger partial charge in [0.25, 0.3) is 0 Å². The Morgan fingerprint density at radius 1 is 1.19 bits per heavy atom. The molecule has 2 heterocycles. The van der Waals surface area contributed by atoms with Gasteiger partial charge in [0.2, 0.25) is 0 Å². The van der Waals surface area contributed by atoms with E-state index in [2.05, 4.69) is 10.6 Å². The van der Waals surface area contributed by atoms with Crippen LogP contribution in [0.5, 0.6) is 11.5 Å². The van der Waals surface area contributed by atoms with Crippen molar-refractivity contribution >= 4 is 6.03 Å². The first-order chi connectivity index (χ1) is 12.5. The molecule has 1 aromatic carbocycles. The molecule has 26 heavy (non-hydrogen) atoms. The summed E-state index contributed by atoms with van der Waals surface area (Å²) in [5.41, 5.74) is 3.04. The zero-order valence-electron chi connectivity index (χ0n) is 15.8. The number of benzene rings is 1. The Balaban J connectivity index is 1.60. The van der Waals surface area contributed by atoms with E-state index in [0.717, 1.165) is 46.1 Å². The molecule has 3 rings (SSSR count). The van der Waals surface area contributed by atoms with E-state index in [1.807, 2.05) is 45.9 Å². The highest BCUT2D eigenvalue weighted by Gasteiger charge is 2.22. The smallest absolute Gasteiger partial charge is 0.315 e. The number of carbonyl (C=O) groups is 1. The Bertz CT molecular complexity index is 797. The van der Waals surface area contributed by atoms with E-state index in [-0.39, 0.29) is 12.1 Å². The van der Waals surface area contributed by atoms with E-state index in [0.29, 0.717) is 19.7 Å². The third kappa shape index (κ3) is 4.12. The van der Waals surface area contributed by atoms with Crippen LogP contribution in [0.1, 0.15) is 42.1 Å². The van der Waals surface area contributed by atoms with E-state index in [1.165, 1.54) is 0 Å². The standard InChI is InChI=1S/C20H26N2O4/c1-5-24-18-8-15-6-13(3)26-19(15)9-17(18)11-22-20(23)21-10-16-7-12(2)25-14(16)4/h7-9,13H,5-6,10-11H2,1-4H3,(H2,21,22,23). The number of urea groups is 1. The third-order valence-corrected chi connectivity index (χ3v) is 4.40. The predicted octanol–water partition coefficient (Wildman–Crippen LogP) is 3.62. The number of amides is 2. The minimum atomic E-state index is -0.236. The molecule has 2 aromatic rings. The summed E-state index contributed by atoms with van der Waals surface area (Å²) < 4.78 is 17.0. The maximum absolute atomic E-state index is 12.1. The maximum atomic E-state index is 12.1. The lowest BCUT2D eigenvalue weighted by Gasteiger charge is -2.13. The number of hydrogen-bond acceptors (Lipinski definition) is 4. The first-order valence-electron chi connectivity index (χ1n) is 8.99. The van der Waals surface area contributed by atoms with Gasteiger partial charge < -0.3 is 24.5 Å². The Morgan fingerprint density at radius 2 is 1.92 bits per heavy atom. The SMILES string of the molecule is CCOc1cc2c(cc1CNC(=O)NCc1cc(C)oc1C)OC(C)C2. The van der Waals surface area contributed by atoms with E-state index in [1.54, 1.807) is 0 Å². The van der Waals surface area contributed by atoms with Crippen molar-refractivity contribution < 1.29 is 18.7 Å². The van der Waals surface area contributed by atoms with Crippen molar-refractivity contribution in [3.05, 3.63) is 46.4 Å². The minimum absolute atomic E-state index is 0.174. The van der Waals surface area contributed by atoms with Gasteiger partial charge in [-0.05, 0) is 45.9 Å². The number of aryl methyl sites for hydroxylation is 2. The third-order valence-electron chi connectivity index (χ3n) is 4.40. The molecule has 2 N–H and O–H groups in total. The quantitative estimate of drug-likeness (QED) is 0.827. The van der Waals surface area contributed by atoms with Crippen molar-refractivity contribution in [3.8, 4) is 11.5 Å². The van der Waals surface area contributed by atoms with E-state index in [9.17, 15) is 4.79 Å². The molecule has 2 amide bonds. The zero-order valence-corrected chi connectivity index (χ0v) is 15.8. The van der Waals surface area contributed by atoms with E-state index in [4.69, 9.17) is 13.9 Å². The highest BCUT2D eigenvalue weighted by atomic mass is 16.5. The van der Waals surface area contributed by atoms with Crippen LogP contribution < -0.4 is 20.1 Å². The van der Waals surface area contributed by atoms with Gasteiger partial charge in [0.1, 0.15) is 29.1 Å². The van der Waals surface area contributed by atoms with Crippen molar-refractivity contribution in [2.75, 3.05) is 6.61 Å². The highest BCUT2D eigenvalue weighted by Crippen LogP contribution is 2.35. The van der Waals surface area contributed by atoms with Crippen LogP contribution in [0.25, 0.3) is 0 Å². The zero-order chi connectivity index (χ0) is 18.7. The Morgan fingerprint density at radius 3 is 2.58 bits per heavy atom. The molecule has 1 unspecified atom stereocenters. The highest BCUT2D eigenvalue weighted by molar-refractivity contribution is 5.74. The van der Waals surface area contributed by atoms with Crippen LogP contribution in [-0.2, 0) is 19.5 Å². The van der Waals surface area contributed by atoms with Gasteiger partial charge in [-0.3, -0.25) is 0 Å². The van der Waals surface area contributed by atoms with Gasteiger partial charge in [0, 0.05) is 36.2 Å². The average Bonchev–Trinajstić information content (AvgIpc) is 3.10. The van der Waals surface area contributed by atoms with Crippen LogP contribution in [0.3, 0.4) is 0 Å². The number of fused-ring (bicyclic) bond motifs is 1. The summed E-state index contributed by atoms with van der Waals surface area (Å²) in [6.07, 6.45) is 1.06. The second-order valence-electron chi connectivity index (χ2n) is 6.61. The average molecular weight is 358 g/mol. The predicted molar refractivity (Wildman–Crippen MR) is 98.7 cm³/mol. The van der Waals surface area contributed by atoms with Crippen molar-refractivity contribution in [1.29, 1.82) is 0 Å². The Labute approximate surface area is 153 Å². The molecule has 1 aliphatic rings. The fourth-order valence-electron chi connectivity index (χ4n) is 3.18. The van der Waals surface area contributed by atoms with Crippen molar-refractivity contribution in [3.63, 3.8) is 0 Å². The van der Waals surface area contributed by atoms with Gasteiger partial charge in [-0.15, -0.1) is 0 Å². The Kier molecular flexibility index (Phi) is 5.40. The Hall–Kier alpha value is -2.63. The first kappa shape index (κ1) is 18.2. The molecule has 1 atom stereocenters. The summed E-state index contributed by atoms with van der Waals surface area (Å²) in [5, 5.41) is 5.73. The number of nitrogens with one attached hydrogen (secondary N) is 2. The molecule has 6 nitrogen and oxygen atoms in total.